The number of nitrogens with one attached hydrogen (secondary N) is 1. The second-order valence-corrected chi connectivity index (χ2v) is 8.97. The zero-order valence-electron chi connectivity index (χ0n) is 18.4. The molecule has 0 saturated carbocycles. The van der Waals surface area contributed by atoms with Crippen LogP contribution in [0.4, 0.5) is 0 Å². The van der Waals surface area contributed by atoms with Crippen molar-refractivity contribution in [3.05, 3.63) is 100 Å². The molecule has 0 aliphatic heterocycles. The van der Waals surface area contributed by atoms with Gasteiger partial charge in [0.1, 0.15) is 12.4 Å². The summed E-state index contributed by atoms with van der Waals surface area (Å²) in [6, 6.07) is 26.2. The minimum absolute atomic E-state index is 0.0923. The van der Waals surface area contributed by atoms with Gasteiger partial charge in [-0.2, -0.15) is 14.9 Å². The van der Waals surface area contributed by atoms with Crippen LogP contribution < -0.4 is 4.74 Å². The number of hydrogen-bond acceptors (Lipinski definition) is 4. The van der Waals surface area contributed by atoms with Crippen molar-refractivity contribution < 1.29 is 4.74 Å². The van der Waals surface area contributed by atoms with Gasteiger partial charge in [0.05, 0.1) is 6.21 Å². The molecule has 0 amide bonds. The summed E-state index contributed by atoms with van der Waals surface area (Å²) in [6.07, 6.45) is 1.76. The summed E-state index contributed by atoms with van der Waals surface area (Å²) in [7, 11) is 0. The Kier molecular flexibility index (Phi) is 6.32. The third-order valence-corrected chi connectivity index (χ3v) is 5.35. The van der Waals surface area contributed by atoms with Crippen LogP contribution >= 0.6 is 12.2 Å². The second kappa shape index (κ2) is 9.32. The highest BCUT2D eigenvalue weighted by molar-refractivity contribution is 7.71. The van der Waals surface area contributed by atoms with E-state index >= 15 is 0 Å². The standard InChI is InChI=1S/C26H26N4OS/c1-26(2,3)22-14-12-21(13-15-22)24-28-29-25(32)30(24)27-17-20-10-7-11-23(16-20)31-18-19-8-5-4-6-9-19/h4-17H,18H2,1-3H3,(H,29,32)/b27-17-. The summed E-state index contributed by atoms with van der Waals surface area (Å²) < 4.78 is 7.99. The van der Waals surface area contributed by atoms with Crippen molar-refractivity contribution in [1.29, 1.82) is 0 Å². The molecule has 1 heterocycles. The number of benzene rings is 3. The summed E-state index contributed by atoms with van der Waals surface area (Å²) in [5, 5.41) is 11.8. The molecule has 5 nitrogen and oxygen atoms in total. The lowest BCUT2D eigenvalue weighted by Crippen LogP contribution is -2.10. The zero-order valence-corrected chi connectivity index (χ0v) is 19.3. The van der Waals surface area contributed by atoms with Gasteiger partial charge < -0.3 is 4.74 Å². The largest absolute Gasteiger partial charge is 0.489 e. The maximum absolute atomic E-state index is 5.92. The number of nitrogens with zero attached hydrogens (tertiary/aromatic N) is 3. The first-order valence-electron chi connectivity index (χ1n) is 10.5. The van der Waals surface area contributed by atoms with E-state index in [9.17, 15) is 0 Å². The number of aromatic amines is 1. The van der Waals surface area contributed by atoms with Gasteiger partial charge in [-0.15, -0.1) is 0 Å². The highest BCUT2D eigenvalue weighted by Crippen LogP contribution is 2.25. The van der Waals surface area contributed by atoms with Gasteiger partial charge in [-0.25, -0.2) is 5.10 Å². The van der Waals surface area contributed by atoms with Gasteiger partial charge in [-0.3, -0.25) is 0 Å². The van der Waals surface area contributed by atoms with Crippen molar-refractivity contribution >= 4 is 18.4 Å². The SMILES string of the molecule is CC(C)(C)c1ccc(-c2n[nH]c(=S)n2/N=C\c2cccc(OCc3ccccc3)c2)cc1. The summed E-state index contributed by atoms with van der Waals surface area (Å²) in [5.41, 5.74) is 4.33. The first-order chi connectivity index (χ1) is 15.4. The average Bonchev–Trinajstić information content (AvgIpc) is 3.17. The fraction of sp³-hybridized carbons (Fsp3) is 0.192. The van der Waals surface area contributed by atoms with Gasteiger partial charge in [-0.05, 0) is 46.5 Å². The molecule has 0 aliphatic rings. The smallest absolute Gasteiger partial charge is 0.216 e. The highest BCUT2D eigenvalue weighted by Gasteiger charge is 2.14. The van der Waals surface area contributed by atoms with Crippen molar-refractivity contribution in [3.63, 3.8) is 0 Å². The fourth-order valence-corrected chi connectivity index (χ4v) is 3.43. The van der Waals surface area contributed by atoms with Crippen LogP contribution in [0, 0.1) is 4.77 Å². The molecule has 0 atom stereocenters. The molecular weight excluding hydrogens is 416 g/mol. The third-order valence-electron chi connectivity index (χ3n) is 5.09. The molecule has 0 unspecified atom stereocenters. The Morgan fingerprint density at radius 3 is 2.47 bits per heavy atom. The van der Waals surface area contributed by atoms with Crippen molar-refractivity contribution in [2.24, 2.45) is 5.10 Å². The Bertz CT molecular complexity index is 1270. The summed E-state index contributed by atoms with van der Waals surface area (Å²) in [6.45, 7) is 7.10. The maximum atomic E-state index is 5.92. The van der Waals surface area contributed by atoms with E-state index in [0.717, 1.165) is 22.4 Å². The Balaban J connectivity index is 1.53. The van der Waals surface area contributed by atoms with E-state index in [4.69, 9.17) is 17.0 Å². The topological polar surface area (TPSA) is 55.2 Å². The van der Waals surface area contributed by atoms with Gasteiger partial charge in [0.25, 0.3) is 0 Å². The number of hydrogen-bond donors (Lipinski definition) is 1. The molecule has 3 aromatic carbocycles. The summed E-state index contributed by atoms with van der Waals surface area (Å²) >= 11 is 5.40. The number of ether oxygens (including phenoxy) is 1. The Morgan fingerprint density at radius 1 is 1.00 bits per heavy atom. The van der Waals surface area contributed by atoms with E-state index in [0.29, 0.717) is 17.2 Å². The highest BCUT2D eigenvalue weighted by atomic mass is 32.1. The van der Waals surface area contributed by atoms with Crippen LogP contribution in [0.25, 0.3) is 11.4 Å². The van der Waals surface area contributed by atoms with E-state index in [1.54, 1.807) is 10.9 Å². The molecule has 0 fully saturated rings. The maximum Gasteiger partial charge on any atom is 0.216 e. The van der Waals surface area contributed by atoms with E-state index in [2.05, 4.69) is 60.3 Å². The molecule has 4 rings (SSSR count). The Hall–Kier alpha value is -3.51. The molecule has 32 heavy (non-hydrogen) atoms. The predicted octanol–water partition coefficient (Wildman–Crippen LogP) is 6.37. The van der Waals surface area contributed by atoms with Gasteiger partial charge in [0.15, 0.2) is 5.82 Å². The molecule has 1 N–H and O–H groups in total. The lowest BCUT2D eigenvalue weighted by Gasteiger charge is -2.18. The van der Waals surface area contributed by atoms with E-state index in [1.807, 2.05) is 54.6 Å². The van der Waals surface area contributed by atoms with Crippen LogP contribution in [0.15, 0.2) is 84.0 Å². The predicted molar refractivity (Wildman–Crippen MR) is 132 cm³/mol. The third kappa shape index (κ3) is 5.21. The van der Waals surface area contributed by atoms with Crippen molar-refractivity contribution in [3.8, 4) is 17.1 Å². The molecule has 0 aliphatic carbocycles. The van der Waals surface area contributed by atoms with Gasteiger partial charge in [0.2, 0.25) is 4.77 Å². The number of rotatable bonds is 6. The van der Waals surface area contributed by atoms with Crippen LogP contribution in [0.5, 0.6) is 5.75 Å². The minimum atomic E-state index is 0.0923. The van der Waals surface area contributed by atoms with E-state index < -0.39 is 0 Å². The average molecular weight is 443 g/mol. The minimum Gasteiger partial charge on any atom is -0.489 e. The van der Waals surface area contributed by atoms with Crippen molar-refractivity contribution in [2.75, 3.05) is 0 Å². The molecule has 4 aromatic rings. The molecule has 0 bridgehead atoms. The summed E-state index contributed by atoms with van der Waals surface area (Å²) in [5.74, 6) is 1.45. The van der Waals surface area contributed by atoms with Crippen molar-refractivity contribution in [1.82, 2.24) is 14.9 Å². The molecule has 6 heteroatoms. The van der Waals surface area contributed by atoms with Crippen molar-refractivity contribution in [2.45, 2.75) is 32.8 Å². The molecular formula is C26H26N4OS. The second-order valence-electron chi connectivity index (χ2n) is 8.58. The Morgan fingerprint density at radius 2 is 1.75 bits per heavy atom. The molecule has 0 spiro atoms. The molecule has 0 saturated heterocycles. The quantitative estimate of drug-likeness (QED) is 0.279. The van der Waals surface area contributed by atoms with Crippen LogP contribution in [0.2, 0.25) is 0 Å². The lowest BCUT2D eigenvalue weighted by atomic mass is 9.87. The zero-order chi connectivity index (χ0) is 22.6. The Labute approximate surface area is 193 Å². The number of aromatic nitrogens is 3. The number of H-pyrrole nitrogens is 1. The van der Waals surface area contributed by atoms with E-state index in [-0.39, 0.29) is 5.41 Å². The van der Waals surface area contributed by atoms with Crippen LogP contribution in [-0.2, 0) is 12.0 Å². The van der Waals surface area contributed by atoms with Crippen LogP contribution in [0.1, 0.15) is 37.5 Å². The fourth-order valence-electron chi connectivity index (χ4n) is 3.25. The molecule has 1 aromatic heterocycles. The first-order valence-corrected chi connectivity index (χ1v) is 10.9. The van der Waals surface area contributed by atoms with E-state index in [1.165, 1.54) is 5.56 Å². The van der Waals surface area contributed by atoms with Gasteiger partial charge in [-0.1, -0.05) is 87.5 Å². The van der Waals surface area contributed by atoms with Crippen LogP contribution in [0.3, 0.4) is 0 Å². The monoisotopic (exact) mass is 442 g/mol. The molecule has 0 radical (unpaired) electrons. The normalized spacial score (nSPS) is 11.7. The van der Waals surface area contributed by atoms with Crippen LogP contribution in [-0.4, -0.2) is 21.1 Å². The van der Waals surface area contributed by atoms with Gasteiger partial charge >= 0.3 is 0 Å². The van der Waals surface area contributed by atoms with Gasteiger partial charge in [0, 0.05) is 5.56 Å². The molecule has 162 valence electrons. The first kappa shape index (κ1) is 21.7. The lowest BCUT2D eigenvalue weighted by molar-refractivity contribution is 0.306. The summed E-state index contributed by atoms with van der Waals surface area (Å²) in [4.78, 5) is 0.